The molecule has 0 bridgehead atoms. The van der Waals surface area contributed by atoms with Crippen molar-refractivity contribution >= 4 is 35.0 Å². The van der Waals surface area contributed by atoms with Gasteiger partial charge in [-0.2, -0.15) is 0 Å². The molecular formula is C14H9F2NO3S. The molecule has 0 radical (unpaired) electrons. The molecule has 4 nitrogen and oxygen atoms in total. The Morgan fingerprint density at radius 1 is 1.24 bits per heavy atom. The van der Waals surface area contributed by atoms with Gasteiger partial charge in [0.05, 0.1) is 11.3 Å². The summed E-state index contributed by atoms with van der Waals surface area (Å²) in [4.78, 5) is 23.5. The van der Waals surface area contributed by atoms with Crippen LogP contribution < -0.4 is 5.32 Å². The normalized spacial score (nSPS) is 10.8. The fourth-order valence-electron chi connectivity index (χ4n) is 1.55. The summed E-state index contributed by atoms with van der Waals surface area (Å²) in [6.07, 6.45) is 2.71. The van der Waals surface area contributed by atoms with Gasteiger partial charge in [0.25, 0.3) is 0 Å². The number of halogens is 2. The Morgan fingerprint density at radius 3 is 2.57 bits per heavy atom. The minimum atomic E-state index is -1.47. The molecule has 2 N–H and O–H groups in total. The van der Waals surface area contributed by atoms with Crippen molar-refractivity contribution in [1.82, 2.24) is 0 Å². The van der Waals surface area contributed by atoms with E-state index in [1.165, 1.54) is 23.5 Å². The third-order valence-electron chi connectivity index (χ3n) is 2.49. The molecule has 0 spiro atoms. The van der Waals surface area contributed by atoms with Crippen LogP contribution in [0.3, 0.4) is 0 Å². The predicted octanol–water partition coefficient (Wildman–Crippen LogP) is 3.38. The van der Waals surface area contributed by atoms with E-state index in [9.17, 15) is 18.4 Å². The van der Waals surface area contributed by atoms with Crippen LogP contribution in [-0.2, 0) is 4.79 Å². The van der Waals surface area contributed by atoms with Crippen LogP contribution in [0.25, 0.3) is 6.08 Å². The molecule has 7 heteroatoms. The SMILES string of the molecule is O=C(C=Cc1cccs1)Nc1cc(F)c(F)cc1C(=O)O. The molecule has 108 valence electrons. The first-order chi connectivity index (χ1) is 9.97. The zero-order chi connectivity index (χ0) is 15.4. The molecule has 0 fully saturated rings. The average molecular weight is 309 g/mol. The van der Waals surface area contributed by atoms with Crippen LogP contribution >= 0.6 is 11.3 Å². The van der Waals surface area contributed by atoms with Crippen molar-refractivity contribution in [3.05, 3.63) is 57.8 Å². The molecule has 0 unspecified atom stereocenters. The molecule has 1 aromatic heterocycles. The maximum absolute atomic E-state index is 13.1. The highest BCUT2D eigenvalue weighted by Crippen LogP contribution is 2.20. The summed E-state index contributed by atoms with van der Waals surface area (Å²) in [7, 11) is 0. The van der Waals surface area contributed by atoms with Gasteiger partial charge in [0, 0.05) is 17.0 Å². The van der Waals surface area contributed by atoms with Crippen LogP contribution in [0.4, 0.5) is 14.5 Å². The molecule has 2 rings (SSSR count). The zero-order valence-corrected chi connectivity index (χ0v) is 11.3. The summed E-state index contributed by atoms with van der Waals surface area (Å²) in [6, 6.07) is 4.75. The lowest BCUT2D eigenvalue weighted by atomic mass is 10.1. The molecule has 0 saturated carbocycles. The third kappa shape index (κ3) is 3.73. The number of benzene rings is 1. The number of carboxylic acid groups (broad SMARTS) is 1. The van der Waals surface area contributed by atoms with E-state index in [4.69, 9.17) is 5.11 Å². The molecule has 0 saturated heterocycles. The van der Waals surface area contributed by atoms with E-state index in [0.29, 0.717) is 12.1 Å². The predicted molar refractivity (Wildman–Crippen MR) is 75.3 cm³/mol. The molecule has 0 aliphatic heterocycles. The summed E-state index contributed by atoms with van der Waals surface area (Å²) >= 11 is 1.41. The summed E-state index contributed by atoms with van der Waals surface area (Å²) < 4.78 is 26.2. The molecule has 0 aliphatic carbocycles. The molecule has 0 atom stereocenters. The molecule has 2 aromatic rings. The highest BCUT2D eigenvalue weighted by atomic mass is 32.1. The maximum Gasteiger partial charge on any atom is 0.337 e. The molecule has 21 heavy (non-hydrogen) atoms. The molecule has 1 aromatic carbocycles. The Morgan fingerprint density at radius 2 is 1.95 bits per heavy atom. The number of hydrogen-bond acceptors (Lipinski definition) is 3. The fraction of sp³-hybridized carbons (Fsp3) is 0. The van der Waals surface area contributed by atoms with Gasteiger partial charge >= 0.3 is 5.97 Å². The van der Waals surface area contributed by atoms with Crippen molar-refractivity contribution in [2.75, 3.05) is 5.32 Å². The van der Waals surface area contributed by atoms with Gasteiger partial charge in [-0.3, -0.25) is 4.79 Å². The second kappa shape index (κ2) is 6.27. The maximum atomic E-state index is 13.1. The lowest BCUT2D eigenvalue weighted by Gasteiger charge is -2.07. The van der Waals surface area contributed by atoms with Crippen molar-refractivity contribution in [3.8, 4) is 0 Å². The van der Waals surface area contributed by atoms with E-state index in [2.05, 4.69) is 5.32 Å². The number of amides is 1. The van der Waals surface area contributed by atoms with Gasteiger partial charge in [0.2, 0.25) is 5.91 Å². The van der Waals surface area contributed by atoms with Gasteiger partial charge < -0.3 is 10.4 Å². The minimum absolute atomic E-state index is 0.303. The lowest BCUT2D eigenvalue weighted by molar-refractivity contribution is -0.111. The topological polar surface area (TPSA) is 66.4 Å². The first kappa shape index (κ1) is 14.9. The third-order valence-corrected chi connectivity index (χ3v) is 3.33. The smallest absolute Gasteiger partial charge is 0.337 e. The van der Waals surface area contributed by atoms with Gasteiger partial charge in [-0.25, -0.2) is 13.6 Å². The van der Waals surface area contributed by atoms with Crippen molar-refractivity contribution in [2.45, 2.75) is 0 Å². The second-order valence-corrected chi connectivity index (χ2v) is 4.93. The van der Waals surface area contributed by atoms with Crippen LogP contribution in [0.2, 0.25) is 0 Å². The Hall–Kier alpha value is -2.54. The van der Waals surface area contributed by atoms with Crippen molar-refractivity contribution < 1.29 is 23.5 Å². The van der Waals surface area contributed by atoms with Crippen molar-refractivity contribution in [3.63, 3.8) is 0 Å². The quantitative estimate of drug-likeness (QED) is 0.851. The van der Waals surface area contributed by atoms with Gasteiger partial charge in [-0.05, 0) is 23.6 Å². The Kier molecular flexibility index (Phi) is 4.44. The van der Waals surface area contributed by atoms with E-state index < -0.39 is 29.1 Å². The number of carboxylic acids is 1. The first-order valence-electron chi connectivity index (χ1n) is 5.72. The summed E-state index contributed by atoms with van der Waals surface area (Å²) in [6.45, 7) is 0. The van der Waals surface area contributed by atoms with Crippen molar-refractivity contribution in [1.29, 1.82) is 0 Å². The summed E-state index contributed by atoms with van der Waals surface area (Å²) in [5, 5.41) is 13.0. The number of anilines is 1. The van der Waals surface area contributed by atoms with Crippen LogP contribution in [0.15, 0.2) is 35.7 Å². The van der Waals surface area contributed by atoms with Crippen molar-refractivity contribution in [2.24, 2.45) is 0 Å². The first-order valence-corrected chi connectivity index (χ1v) is 6.60. The Labute approximate surface area is 122 Å². The van der Waals surface area contributed by atoms with Gasteiger partial charge in [-0.15, -0.1) is 11.3 Å². The highest BCUT2D eigenvalue weighted by Gasteiger charge is 2.16. The standard InChI is InChI=1S/C14H9F2NO3S/c15-10-6-9(14(19)20)12(7-11(10)16)17-13(18)4-3-8-2-1-5-21-8/h1-7H,(H,17,18)(H,19,20). The van der Waals surface area contributed by atoms with Crippen LogP contribution in [0.1, 0.15) is 15.2 Å². The monoisotopic (exact) mass is 309 g/mol. The minimum Gasteiger partial charge on any atom is -0.478 e. The van der Waals surface area contributed by atoms with Gasteiger partial charge in [0.1, 0.15) is 0 Å². The number of nitrogens with one attached hydrogen (secondary N) is 1. The second-order valence-electron chi connectivity index (χ2n) is 3.96. The van der Waals surface area contributed by atoms with Crippen LogP contribution in [-0.4, -0.2) is 17.0 Å². The molecular weight excluding hydrogens is 300 g/mol. The van der Waals surface area contributed by atoms with Gasteiger partial charge in [-0.1, -0.05) is 6.07 Å². The van der Waals surface area contributed by atoms with E-state index in [-0.39, 0.29) is 5.69 Å². The molecule has 1 heterocycles. The van der Waals surface area contributed by atoms with Crippen LogP contribution in [0, 0.1) is 11.6 Å². The summed E-state index contributed by atoms with van der Waals surface area (Å²) in [5.41, 5.74) is -0.825. The Bertz CT molecular complexity index is 711. The highest BCUT2D eigenvalue weighted by molar-refractivity contribution is 7.10. The molecule has 0 aliphatic rings. The van der Waals surface area contributed by atoms with E-state index in [0.717, 1.165) is 4.88 Å². The zero-order valence-electron chi connectivity index (χ0n) is 10.5. The average Bonchev–Trinajstić information content (AvgIpc) is 2.93. The largest absolute Gasteiger partial charge is 0.478 e. The van der Waals surface area contributed by atoms with Crippen LogP contribution in [0.5, 0.6) is 0 Å². The molecule has 1 amide bonds. The number of carbonyl (C=O) groups is 2. The van der Waals surface area contributed by atoms with E-state index >= 15 is 0 Å². The van der Waals surface area contributed by atoms with Gasteiger partial charge in [0.15, 0.2) is 11.6 Å². The number of thiophene rings is 1. The lowest BCUT2D eigenvalue weighted by Crippen LogP contribution is -2.13. The summed E-state index contributed by atoms with van der Waals surface area (Å²) in [5.74, 6) is -4.64. The van der Waals surface area contributed by atoms with E-state index in [1.807, 2.05) is 5.38 Å². The number of aromatic carboxylic acids is 1. The number of rotatable bonds is 4. The number of hydrogen-bond donors (Lipinski definition) is 2. The Balaban J connectivity index is 2.20. The van der Waals surface area contributed by atoms with E-state index in [1.54, 1.807) is 12.1 Å². The fourth-order valence-corrected chi connectivity index (χ4v) is 2.16. The number of carbonyl (C=O) groups excluding carboxylic acids is 1.